The van der Waals surface area contributed by atoms with Gasteiger partial charge in [0.05, 0.1) is 0 Å². The molecule has 0 aliphatic carbocycles. The van der Waals surface area contributed by atoms with E-state index >= 15 is 0 Å². The standard InChI is InChI=1S/C14H21FN2O/c1-11(2)16-9-5-8-14(18)17-10-12-6-3-4-7-13(12)15/h3-4,6-7,11,16H,5,8-10H2,1-2H3,(H,17,18). The largest absolute Gasteiger partial charge is 0.352 e. The number of halogens is 1. The Morgan fingerprint density at radius 3 is 2.72 bits per heavy atom. The number of rotatable bonds is 7. The normalized spacial score (nSPS) is 10.7. The van der Waals surface area contributed by atoms with Gasteiger partial charge in [-0.15, -0.1) is 0 Å². The second kappa shape index (κ2) is 7.82. The Kier molecular flexibility index (Phi) is 6.36. The van der Waals surface area contributed by atoms with Gasteiger partial charge in [0.2, 0.25) is 5.91 Å². The van der Waals surface area contributed by atoms with E-state index in [1.807, 2.05) is 0 Å². The summed E-state index contributed by atoms with van der Waals surface area (Å²) >= 11 is 0. The van der Waals surface area contributed by atoms with Gasteiger partial charge in [0.25, 0.3) is 0 Å². The summed E-state index contributed by atoms with van der Waals surface area (Å²) in [6.45, 7) is 5.21. The first-order chi connectivity index (χ1) is 8.59. The van der Waals surface area contributed by atoms with Crippen LogP contribution in [0.25, 0.3) is 0 Å². The third kappa shape index (κ3) is 5.77. The van der Waals surface area contributed by atoms with Crippen molar-refractivity contribution in [3.8, 4) is 0 Å². The molecule has 0 heterocycles. The van der Waals surface area contributed by atoms with Gasteiger partial charge in [-0.3, -0.25) is 4.79 Å². The van der Waals surface area contributed by atoms with E-state index < -0.39 is 0 Å². The second-order valence-electron chi connectivity index (χ2n) is 4.58. The van der Waals surface area contributed by atoms with Crippen molar-refractivity contribution < 1.29 is 9.18 Å². The predicted octanol–water partition coefficient (Wildman–Crippen LogP) is 2.22. The van der Waals surface area contributed by atoms with E-state index in [-0.39, 0.29) is 18.3 Å². The molecular formula is C14H21FN2O. The molecule has 1 aromatic carbocycles. The molecule has 1 rings (SSSR count). The van der Waals surface area contributed by atoms with Crippen molar-refractivity contribution in [2.24, 2.45) is 0 Å². The number of carbonyl (C=O) groups is 1. The first-order valence-corrected chi connectivity index (χ1v) is 6.33. The molecule has 1 amide bonds. The molecule has 0 saturated heterocycles. The van der Waals surface area contributed by atoms with Gasteiger partial charge in [0, 0.05) is 24.6 Å². The van der Waals surface area contributed by atoms with Crippen molar-refractivity contribution in [1.82, 2.24) is 10.6 Å². The summed E-state index contributed by atoms with van der Waals surface area (Å²) in [7, 11) is 0. The number of benzene rings is 1. The minimum absolute atomic E-state index is 0.0381. The van der Waals surface area contributed by atoms with Crippen LogP contribution in [0.5, 0.6) is 0 Å². The number of hydrogen-bond acceptors (Lipinski definition) is 2. The molecule has 100 valence electrons. The quantitative estimate of drug-likeness (QED) is 0.731. The fourth-order valence-electron chi connectivity index (χ4n) is 1.56. The zero-order chi connectivity index (χ0) is 13.4. The van der Waals surface area contributed by atoms with Crippen LogP contribution in [-0.4, -0.2) is 18.5 Å². The molecular weight excluding hydrogens is 231 g/mol. The fraction of sp³-hybridized carbons (Fsp3) is 0.500. The Morgan fingerprint density at radius 2 is 2.06 bits per heavy atom. The minimum atomic E-state index is -0.278. The van der Waals surface area contributed by atoms with E-state index in [2.05, 4.69) is 24.5 Å². The molecule has 0 aliphatic heterocycles. The van der Waals surface area contributed by atoms with Crippen LogP contribution in [0.1, 0.15) is 32.3 Å². The zero-order valence-electron chi connectivity index (χ0n) is 11.0. The number of nitrogens with one attached hydrogen (secondary N) is 2. The third-order valence-electron chi connectivity index (χ3n) is 2.57. The predicted molar refractivity (Wildman–Crippen MR) is 70.6 cm³/mol. The average Bonchev–Trinajstić information content (AvgIpc) is 2.33. The molecule has 0 unspecified atom stereocenters. The summed E-state index contributed by atoms with van der Waals surface area (Å²) < 4.78 is 13.3. The molecule has 0 aliphatic rings. The Labute approximate surface area is 108 Å². The zero-order valence-corrected chi connectivity index (χ0v) is 11.0. The number of hydrogen-bond donors (Lipinski definition) is 2. The highest BCUT2D eigenvalue weighted by Gasteiger charge is 2.04. The van der Waals surface area contributed by atoms with E-state index in [4.69, 9.17) is 0 Å². The van der Waals surface area contributed by atoms with Crippen molar-refractivity contribution in [3.63, 3.8) is 0 Å². The smallest absolute Gasteiger partial charge is 0.220 e. The van der Waals surface area contributed by atoms with Crippen LogP contribution in [0.15, 0.2) is 24.3 Å². The fourth-order valence-corrected chi connectivity index (χ4v) is 1.56. The molecule has 0 saturated carbocycles. The maximum Gasteiger partial charge on any atom is 0.220 e. The van der Waals surface area contributed by atoms with Gasteiger partial charge in [-0.05, 0) is 19.0 Å². The van der Waals surface area contributed by atoms with Crippen LogP contribution >= 0.6 is 0 Å². The summed E-state index contributed by atoms with van der Waals surface area (Å²) in [5, 5.41) is 5.96. The molecule has 2 N–H and O–H groups in total. The molecule has 18 heavy (non-hydrogen) atoms. The van der Waals surface area contributed by atoms with E-state index in [1.165, 1.54) is 6.07 Å². The minimum Gasteiger partial charge on any atom is -0.352 e. The van der Waals surface area contributed by atoms with E-state index in [1.54, 1.807) is 18.2 Å². The van der Waals surface area contributed by atoms with Gasteiger partial charge >= 0.3 is 0 Å². The Morgan fingerprint density at radius 1 is 1.33 bits per heavy atom. The SMILES string of the molecule is CC(C)NCCCC(=O)NCc1ccccc1F. The van der Waals surface area contributed by atoms with Crippen LogP contribution in [0.2, 0.25) is 0 Å². The van der Waals surface area contributed by atoms with Crippen molar-refractivity contribution in [2.75, 3.05) is 6.54 Å². The van der Waals surface area contributed by atoms with E-state index in [9.17, 15) is 9.18 Å². The van der Waals surface area contributed by atoms with Crippen molar-refractivity contribution >= 4 is 5.91 Å². The van der Waals surface area contributed by atoms with E-state index in [0.29, 0.717) is 18.0 Å². The lowest BCUT2D eigenvalue weighted by Crippen LogP contribution is -2.27. The average molecular weight is 252 g/mol. The molecule has 0 spiro atoms. The van der Waals surface area contributed by atoms with Crippen molar-refractivity contribution in [2.45, 2.75) is 39.3 Å². The molecule has 1 aromatic rings. The van der Waals surface area contributed by atoms with Crippen molar-refractivity contribution in [1.29, 1.82) is 0 Å². The molecule has 0 fully saturated rings. The van der Waals surface area contributed by atoms with Crippen LogP contribution in [0.3, 0.4) is 0 Å². The molecule has 3 nitrogen and oxygen atoms in total. The summed E-state index contributed by atoms with van der Waals surface area (Å²) in [6, 6.07) is 6.91. The number of carbonyl (C=O) groups excluding carboxylic acids is 1. The van der Waals surface area contributed by atoms with Crippen LogP contribution in [0.4, 0.5) is 4.39 Å². The second-order valence-corrected chi connectivity index (χ2v) is 4.58. The maximum absolute atomic E-state index is 13.3. The molecule has 0 radical (unpaired) electrons. The van der Waals surface area contributed by atoms with Crippen molar-refractivity contribution in [3.05, 3.63) is 35.6 Å². The Bertz CT molecular complexity index is 380. The summed E-state index contributed by atoms with van der Waals surface area (Å²) in [6.07, 6.45) is 1.26. The third-order valence-corrected chi connectivity index (χ3v) is 2.57. The highest BCUT2D eigenvalue weighted by atomic mass is 19.1. The lowest BCUT2D eigenvalue weighted by molar-refractivity contribution is -0.121. The highest BCUT2D eigenvalue weighted by molar-refractivity contribution is 5.75. The Hall–Kier alpha value is -1.42. The lowest BCUT2D eigenvalue weighted by atomic mass is 10.2. The summed E-state index contributed by atoms with van der Waals surface area (Å²) in [5.41, 5.74) is 0.520. The van der Waals surface area contributed by atoms with Gasteiger partial charge in [-0.25, -0.2) is 4.39 Å². The van der Waals surface area contributed by atoms with Crippen LogP contribution < -0.4 is 10.6 Å². The van der Waals surface area contributed by atoms with Crippen LogP contribution in [-0.2, 0) is 11.3 Å². The molecule has 4 heteroatoms. The Balaban J connectivity index is 2.19. The van der Waals surface area contributed by atoms with Gasteiger partial charge in [-0.1, -0.05) is 32.0 Å². The highest BCUT2D eigenvalue weighted by Crippen LogP contribution is 2.05. The van der Waals surface area contributed by atoms with Gasteiger partial charge in [0.15, 0.2) is 0 Å². The summed E-state index contributed by atoms with van der Waals surface area (Å²) in [4.78, 5) is 11.5. The number of amides is 1. The summed E-state index contributed by atoms with van der Waals surface area (Å²) in [5.74, 6) is -0.317. The first kappa shape index (κ1) is 14.6. The molecule has 0 atom stereocenters. The van der Waals surface area contributed by atoms with Crippen LogP contribution in [0, 0.1) is 5.82 Å². The maximum atomic E-state index is 13.3. The lowest BCUT2D eigenvalue weighted by Gasteiger charge is -2.08. The van der Waals surface area contributed by atoms with Gasteiger partial charge in [0.1, 0.15) is 5.82 Å². The first-order valence-electron chi connectivity index (χ1n) is 6.33. The monoisotopic (exact) mass is 252 g/mol. The van der Waals surface area contributed by atoms with Gasteiger partial charge < -0.3 is 10.6 Å². The molecule has 0 aromatic heterocycles. The topological polar surface area (TPSA) is 41.1 Å². The van der Waals surface area contributed by atoms with E-state index in [0.717, 1.165) is 13.0 Å². The molecule has 0 bridgehead atoms. The van der Waals surface area contributed by atoms with Gasteiger partial charge in [-0.2, -0.15) is 0 Å².